The molecule has 3 nitrogen and oxygen atoms in total. The van der Waals surface area contributed by atoms with Crippen molar-refractivity contribution in [2.75, 3.05) is 19.6 Å². The molecule has 0 radical (unpaired) electrons. The van der Waals surface area contributed by atoms with Crippen LogP contribution in [0.2, 0.25) is 0 Å². The maximum absolute atomic E-state index is 3.61. The summed E-state index contributed by atoms with van der Waals surface area (Å²) in [5.74, 6) is 0.741. The van der Waals surface area contributed by atoms with Crippen LogP contribution in [0, 0.1) is 0 Å². The average Bonchev–Trinajstić information content (AvgIpc) is 3.23. The van der Waals surface area contributed by atoms with E-state index >= 15 is 0 Å². The Bertz CT molecular complexity index is 619. The lowest BCUT2D eigenvalue weighted by atomic mass is 9.89. The van der Waals surface area contributed by atoms with Crippen LogP contribution in [0.3, 0.4) is 0 Å². The van der Waals surface area contributed by atoms with E-state index < -0.39 is 0 Å². The summed E-state index contributed by atoms with van der Waals surface area (Å²) < 4.78 is 0. The van der Waals surface area contributed by atoms with E-state index in [1.54, 1.807) is 0 Å². The molecule has 22 heavy (non-hydrogen) atoms. The van der Waals surface area contributed by atoms with E-state index in [9.17, 15) is 0 Å². The zero-order valence-electron chi connectivity index (χ0n) is 13.3. The van der Waals surface area contributed by atoms with Crippen LogP contribution in [-0.4, -0.2) is 30.7 Å². The SMILES string of the molecule is c1cc2[nH]cc(CCC3CCCN3)c2cc1C1CCNCC1. The van der Waals surface area contributed by atoms with Crippen LogP contribution < -0.4 is 10.6 Å². The molecule has 2 aromatic rings. The van der Waals surface area contributed by atoms with Crippen LogP contribution in [-0.2, 0) is 6.42 Å². The highest BCUT2D eigenvalue weighted by Crippen LogP contribution is 2.30. The molecule has 118 valence electrons. The van der Waals surface area contributed by atoms with E-state index in [0.29, 0.717) is 0 Å². The van der Waals surface area contributed by atoms with Gasteiger partial charge in [-0.2, -0.15) is 0 Å². The fraction of sp³-hybridized carbons (Fsp3) is 0.579. The molecule has 1 unspecified atom stereocenters. The lowest BCUT2D eigenvalue weighted by molar-refractivity contribution is 0.460. The fourth-order valence-electron chi connectivity index (χ4n) is 4.14. The highest BCUT2D eigenvalue weighted by Gasteiger charge is 2.17. The molecule has 0 bridgehead atoms. The third kappa shape index (κ3) is 2.92. The van der Waals surface area contributed by atoms with Crippen LogP contribution in [0.25, 0.3) is 10.9 Å². The third-order valence-corrected chi connectivity index (χ3v) is 5.53. The molecule has 2 aliphatic heterocycles. The van der Waals surface area contributed by atoms with Crippen molar-refractivity contribution in [3.05, 3.63) is 35.5 Å². The molecule has 2 saturated heterocycles. The Kier molecular flexibility index (Phi) is 4.17. The smallest absolute Gasteiger partial charge is 0.0456 e. The van der Waals surface area contributed by atoms with Gasteiger partial charge in [-0.3, -0.25) is 0 Å². The van der Waals surface area contributed by atoms with E-state index in [1.807, 2.05) is 0 Å². The molecule has 0 aliphatic carbocycles. The summed E-state index contributed by atoms with van der Waals surface area (Å²) in [6.45, 7) is 3.53. The molecule has 0 saturated carbocycles. The van der Waals surface area contributed by atoms with Gasteiger partial charge >= 0.3 is 0 Å². The van der Waals surface area contributed by atoms with Crippen LogP contribution in [0.15, 0.2) is 24.4 Å². The number of hydrogen-bond donors (Lipinski definition) is 3. The molecule has 0 amide bonds. The van der Waals surface area contributed by atoms with Crippen LogP contribution in [0.5, 0.6) is 0 Å². The number of H-pyrrole nitrogens is 1. The zero-order valence-corrected chi connectivity index (χ0v) is 13.3. The van der Waals surface area contributed by atoms with Crippen LogP contribution in [0.1, 0.15) is 49.1 Å². The first-order valence-corrected chi connectivity index (χ1v) is 8.94. The summed E-state index contributed by atoms with van der Waals surface area (Å²) in [6.07, 6.45) is 9.93. The van der Waals surface area contributed by atoms with Crippen molar-refractivity contribution in [1.82, 2.24) is 15.6 Å². The minimum atomic E-state index is 0.734. The molecule has 0 spiro atoms. The highest BCUT2D eigenvalue weighted by molar-refractivity contribution is 5.84. The second-order valence-corrected chi connectivity index (χ2v) is 6.98. The fourth-order valence-corrected chi connectivity index (χ4v) is 4.14. The van der Waals surface area contributed by atoms with Gasteiger partial charge in [-0.15, -0.1) is 0 Å². The number of rotatable bonds is 4. The van der Waals surface area contributed by atoms with Gasteiger partial charge in [0.2, 0.25) is 0 Å². The number of fused-ring (bicyclic) bond motifs is 1. The van der Waals surface area contributed by atoms with Crippen molar-refractivity contribution in [3.8, 4) is 0 Å². The summed E-state index contributed by atoms with van der Waals surface area (Å²) in [6, 6.07) is 7.80. The molecule has 1 aromatic heterocycles. The van der Waals surface area contributed by atoms with Crippen molar-refractivity contribution >= 4 is 10.9 Å². The number of benzene rings is 1. The first-order valence-electron chi connectivity index (χ1n) is 8.94. The van der Waals surface area contributed by atoms with Gasteiger partial charge in [-0.25, -0.2) is 0 Å². The molecule has 1 aromatic carbocycles. The maximum Gasteiger partial charge on any atom is 0.0456 e. The van der Waals surface area contributed by atoms with E-state index in [-0.39, 0.29) is 0 Å². The molecule has 3 heterocycles. The Hall–Kier alpha value is -1.32. The lowest BCUT2D eigenvalue weighted by Crippen LogP contribution is -2.26. The second-order valence-electron chi connectivity index (χ2n) is 6.98. The quantitative estimate of drug-likeness (QED) is 0.810. The van der Waals surface area contributed by atoms with E-state index in [2.05, 4.69) is 40.0 Å². The lowest BCUT2D eigenvalue weighted by Gasteiger charge is -2.23. The maximum atomic E-state index is 3.61. The van der Waals surface area contributed by atoms with Crippen molar-refractivity contribution in [1.29, 1.82) is 0 Å². The summed E-state index contributed by atoms with van der Waals surface area (Å²) >= 11 is 0. The topological polar surface area (TPSA) is 39.9 Å². The molecular weight excluding hydrogens is 270 g/mol. The van der Waals surface area contributed by atoms with Crippen LogP contribution in [0.4, 0.5) is 0 Å². The van der Waals surface area contributed by atoms with Gasteiger partial charge in [0, 0.05) is 23.1 Å². The van der Waals surface area contributed by atoms with Crippen molar-refractivity contribution in [2.45, 2.75) is 50.5 Å². The summed E-state index contributed by atoms with van der Waals surface area (Å²) in [7, 11) is 0. The van der Waals surface area contributed by atoms with Crippen LogP contribution >= 0.6 is 0 Å². The number of aromatic amines is 1. The molecule has 3 N–H and O–H groups in total. The van der Waals surface area contributed by atoms with Gasteiger partial charge in [-0.05, 0) is 87.3 Å². The Morgan fingerprint density at radius 3 is 2.77 bits per heavy atom. The van der Waals surface area contributed by atoms with Gasteiger partial charge in [0.05, 0.1) is 0 Å². The molecular formula is C19H27N3. The predicted molar refractivity (Wildman–Crippen MR) is 92.5 cm³/mol. The number of aromatic nitrogens is 1. The van der Waals surface area contributed by atoms with E-state index in [0.717, 1.165) is 25.0 Å². The normalized spacial score (nSPS) is 23.4. The highest BCUT2D eigenvalue weighted by atomic mass is 14.9. The van der Waals surface area contributed by atoms with Crippen molar-refractivity contribution < 1.29 is 0 Å². The molecule has 2 fully saturated rings. The molecule has 1 atom stereocenters. The van der Waals surface area contributed by atoms with Gasteiger partial charge < -0.3 is 15.6 Å². The van der Waals surface area contributed by atoms with E-state index in [1.165, 1.54) is 67.1 Å². The molecule has 4 rings (SSSR count). The number of piperidine rings is 1. The van der Waals surface area contributed by atoms with Gasteiger partial charge in [-0.1, -0.05) is 6.07 Å². The summed E-state index contributed by atoms with van der Waals surface area (Å²) in [5, 5.41) is 8.53. The minimum Gasteiger partial charge on any atom is -0.361 e. The monoisotopic (exact) mass is 297 g/mol. The molecule has 3 heteroatoms. The first kappa shape index (κ1) is 14.3. The average molecular weight is 297 g/mol. The largest absolute Gasteiger partial charge is 0.361 e. The van der Waals surface area contributed by atoms with Gasteiger partial charge in [0.1, 0.15) is 0 Å². The Balaban J connectivity index is 1.53. The Morgan fingerprint density at radius 2 is 1.95 bits per heavy atom. The number of hydrogen-bond acceptors (Lipinski definition) is 2. The van der Waals surface area contributed by atoms with Crippen molar-refractivity contribution in [2.24, 2.45) is 0 Å². The zero-order chi connectivity index (χ0) is 14.8. The number of aryl methyl sites for hydroxylation is 1. The van der Waals surface area contributed by atoms with E-state index in [4.69, 9.17) is 0 Å². The standard InChI is InChI=1S/C19H27N3/c1-2-17(21-9-1)5-3-16-13-22-19-6-4-15(12-18(16)19)14-7-10-20-11-8-14/h4,6,12-14,17,20-22H,1-3,5,7-11H2. The Morgan fingerprint density at radius 1 is 1.05 bits per heavy atom. The van der Waals surface area contributed by atoms with Crippen molar-refractivity contribution in [3.63, 3.8) is 0 Å². The van der Waals surface area contributed by atoms with Gasteiger partial charge in [0.25, 0.3) is 0 Å². The third-order valence-electron chi connectivity index (χ3n) is 5.53. The minimum absolute atomic E-state index is 0.734. The number of nitrogens with one attached hydrogen (secondary N) is 3. The molecule has 2 aliphatic rings. The second kappa shape index (κ2) is 6.43. The Labute approximate surface area is 132 Å². The summed E-state index contributed by atoms with van der Waals surface area (Å²) in [5.41, 5.74) is 4.33. The summed E-state index contributed by atoms with van der Waals surface area (Å²) in [4.78, 5) is 3.46. The van der Waals surface area contributed by atoms with Gasteiger partial charge in [0.15, 0.2) is 0 Å². The first-order chi connectivity index (χ1) is 10.9. The predicted octanol–water partition coefficient (Wildman–Crippen LogP) is 3.32.